The zero-order valence-electron chi connectivity index (χ0n) is 10.8. The summed E-state index contributed by atoms with van der Waals surface area (Å²) in [6.45, 7) is 4.10. The molecule has 0 aliphatic rings. The van der Waals surface area contributed by atoms with Crippen LogP contribution in [0.4, 0.5) is 0 Å². The van der Waals surface area contributed by atoms with Crippen LogP contribution in [-0.2, 0) is 12.8 Å². The molecule has 0 amide bonds. The SMILES string of the molecule is CCCc1cccc(C(=O)Cc2csc(C)n2)c1. The molecular formula is C15H17NOS. The van der Waals surface area contributed by atoms with E-state index in [2.05, 4.69) is 18.0 Å². The Morgan fingerprint density at radius 3 is 2.89 bits per heavy atom. The summed E-state index contributed by atoms with van der Waals surface area (Å²) in [4.78, 5) is 16.5. The third-order valence-electron chi connectivity index (χ3n) is 2.80. The predicted octanol–water partition coefficient (Wildman–Crippen LogP) is 3.83. The molecule has 1 heterocycles. The van der Waals surface area contributed by atoms with Crippen LogP contribution in [0.25, 0.3) is 0 Å². The van der Waals surface area contributed by atoms with Crippen LogP contribution in [0, 0.1) is 6.92 Å². The van der Waals surface area contributed by atoms with Gasteiger partial charge in [0.05, 0.1) is 17.1 Å². The van der Waals surface area contributed by atoms with Gasteiger partial charge >= 0.3 is 0 Å². The molecule has 0 saturated carbocycles. The molecule has 1 aromatic heterocycles. The number of hydrogen-bond acceptors (Lipinski definition) is 3. The minimum Gasteiger partial charge on any atom is -0.294 e. The van der Waals surface area contributed by atoms with E-state index >= 15 is 0 Å². The van der Waals surface area contributed by atoms with Crippen LogP contribution in [-0.4, -0.2) is 10.8 Å². The number of carbonyl (C=O) groups is 1. The third kappa shape index (κ3) is 3.26. The highest BCUT2D eigenvalue weighted by Crippen LogP contribution is 2.13. The maximum absolute atomic E-state index is 12.1. The quantitative estimate of drug-likeness (QED) is 0.764. The van der Waals surface area contributed by atoms with Crippen molar-refractivity contribution in [2.75, 3.05) is 0 Å². The Labute approximate surface area is 112 Å². The molecule has 0 fully saturated rings. The van der Waals surface area contributed by atoms with Crippen molar-refractivity contribution in [3.8, 4) is 0 Å². The summed E-state index contributed by atoms with van der Waals surface area (Å²) in [7, 11) is 0. The van der Waals surface area contributed by atoms with E-state index in [0.717, 1.165) is 29.1 Å². The monoisotopic (exact) mass is 259 g/mol. The van der Waals surface area contributed by atoms with Crippen LogP contribution in [0.5, 0.6) is 0 Å². The van der Waals surface area contributed by atoms with Crippen LogP contribution in [0.3, 0.4) is 0 Å². The molecule has 0 spiro atoms. The fourth-order valence-corrected chi connectivity index (χ4v) is 2.56. The second-order valence-electron chi connectivity index (χ2n) is 4.41. The fourth-order valence-electron chi connectivity index (χ4n) is 1.94. The van der Waals surface area contributed by atoms with Gasteiger partial charge < -0.3 is 0 Å². The molecule has 2 aromatic rings. The lowest BCUT2D eigenvalue weighted by Gasteiger charge is -2.03. The smallest absolute Gasteiger partial charge is 0.168 e. The van der Waals surface area contributed by atoms with Gasteiger partial charge in [0, 0.05) is 10.9 Å². The van der Waals surface area contributed by atoms with Crippen molar-refractivity contribution in [2.45, 2.75) is 33.1 Å². The molecule has 0 bridgehead atoms. The van der Waals surface area contributed by atoms with Crippen molar-refractivity contribution < 1.29 is 4.79 Å². The first-order chi connectivity index (χ1) is 8.69. The number of hydrogen-bond donors (Lipinski definition) is 0. The average Bonchev–Trinajstić information content (AvgIpc) is 2.75. The number of Topliss-reactive ketones (excluding diaryl/α,β-unsaturated/α-hetero) is 1. The summed E-state index contributed by atoms with van der Waals surface area (Å²) in [5.74, 6) is 0.151. The first kappa shape index (κ1) is 13.0. The minimum absolute atomic E-state index is 0.151. The number of nitrogens with zero attached hydrogens (tertiary/aromatic N) is 1. The predicted molar refractivity (Wildman–Crippen MR) is 75.3 cm³/mol. The highest BCUT2D eigenvalue weighted by molar-refractivity contribution is 7.09. The van der Waals surface area contributed by atoms with Crippen molar-refractivity contribution in [3.05, 3.63) is 51.5 Å². The van der Waals surface area contributed by atoms with Crippen LogP contribution in [0.2, 0.25) is 0 Å². The van der Waals surface area contributed by atoms with E-state index in [4.69, 9.17) is 0 Å². The van der Waals surface area contributed by atoms with E-state index < -0.39 is 0 Å². The lowest BCUT2D eigenvalue weighted by Crippen LogP contribution is -2.04. The van der Waals surface area contributed by atoms with Crippen molar-refractivity contribution in [3.63, 3.8) is 0 Å². The van der Waals surface area contributed by atoms with Crippen LogP contribution >= 0.6 is 11.3 Å². The number of aromatic nitrogens is 1. The summed E-state index contributed by atoms with van der Waals surface area (Å²) >= 11 is 1.59. The standard InChI is InChI=1S/C15H17NOS/c1-3-5-12-6-4-7-13(8-12)15(17)9-14-10-18-11(2)16-14/h4,6-8,10H,3,5,9H2,1-2H3. The van der Waals surface area contributed by atoms with E-state index in [1.54, 1.807) is 11.3 Å². The molecule has 2 rings (SSSR count). The van der Waals surface area contributed by atoms with Gasteiger partial charge in [-0.2, -0.15) is 0 Å². The zero-order valence-corrected chi connectivity index (χ0v) is 11.6. The van der Waals surface area contributed by atoms with Crippen LogP contribution < -0.4 is 0 Å². The molecule has 0 atom stereocenters. The Hall–Kier alpha value is -1.48. The normalized spacial score (nSPS) is 10.6. The Balaban J connectivity index is 2.11. The summed E-state index contributed by atoms with van der Waals surface area (Å²) in [6, 6.07) is 7.93. The van der Waals surface area contributed by atoms with E-state index in [1.165, 1.54) is 5.56 Å². The molecule has 0 unspecified atom stereocenters. The topological polar surface area (TPSA) is 30.0 Å². The largest absolute Gasteiger partial charge is 0.294 e. The molecular weight excluding hydrogens is 242 g/mol. The summed E-state index contributed by atoms with van der Waals surface area (Å²) in [5.41, 5.74) is 2.91. The molecule has 18 heavy (non-hydrogen) atoms. The van der Waals surface area contributed by atoms with Gasteiger partial charge in [-0.3, -0.25) is 4.79 Å². The molecule has 0 aliphatic heterocycles. The van der Waals surface area contributed by atoms with Gasteiger partial charge in [0.2, 0.25) is 0 Å². The lowest BCUT2D eigenvalue weighted by atomic mass is 10.0. The molecule has 0 saturated heterocycles. The van der Waals surface area contributed by atoms with Crippen LogP contribution in [0.1, 0.15) is 40.0 Å². The van der Waals surface area contributed by atoms with Gasteiger partial charge in [0.1, 0.15) is 0 Å². The second-order valence-corrected chi connectivity index (χ2v) is 5.47. The third-order valence-corrected chi connectivity index (χ3v) is 3.62. The first-order valence-electron chi connectivity index (χ1n) is 6.22. The van der Waals surface area contributed by atoms with Gasteiger partial charge in [-0.05, 0) is 25.0 Å². The summed E-state index contributed by atoms with van der Waals surface area (Å²) in [6.07, 6.45) is 2.53. The molecule has 0 radical (unpaired) electrons. The maximum Gasteiger partial charge on any atom is 0.168 e. The molecule has 94 valence electrons. The number of carbonyl (C=O) groups excluding carboxylic acids is 1. The van der Waals surface area contributed by atoms with E-state index in [-0.39, 0.29) is 5.78 Å². The van der Waals surface area contributed by atoms with Crippen LogP contribution in [0.15, 0.2) is 29.6 Å². The Bertz CT molecular complexity index is 545. The molecule has 0 N–H and O–H groups in total. The molecule has 2 nitrogen and oxygen atoms in total. The van der Waals surface area contributed by atoms with E-state index in [9.17, 15) is 4.79 Å². The van der Waals surface area contributed by atoms with Gasteiger partial charge in [-0.25, -0.2) is 4.98 Å². The van der Waals surface area contributed by atoms with Gasteiger partial charge in [0.15, 0.2) is 5.78 Å². The van der Waals surface area contributed by atoms with Gasteiger partial charge in [-0.1, -0.05) is 31.5 Å². The Morgan fingerprint density at radius 1 is 1.39 bits per heavy atom. The van der Waals surface area contributed by atoms with Gasteiger partial charge in [0.25, 0.3) is 0 Å². The van der Waals surface area contributed by atoms with Crippen molar-refractivity contribution in [2.24, 2.45) is 0 Å². The number of ketones is 1. The number of benzene rings is 1. The second kappa shape index (κ2) is 5.91. The Kier molecular flexibility index (Phi) is 4.26. The number of aryl methyl sites for hydroxylation is 2. The van der Waals surface area contributed by atoms with Crippen molar-refractivity contribution >= 4 is 17.1 Å². The highest BCUT2D eigenvalue weighted by Gasteiger charge is 2.09. The average molecular weight is 259 g/mol. The maximum atomic E-state index is 12.1. The molecule has 3 heteroatoms. The van der Waals surface area contributed by atoms with Crippen molar-refractivity contribution in [1.82, 2.24) is 4.98 Å². The highest BCUT2D eigenvalue weighted by atomic mass is 32.1. The minimum atomic E-state index is 0.151. The number of rotatable bonds is 5. The summed E-state index contributed by atoms with van der Waals surface area (Å²) < 4.78 is 0. The van der Waals surface area contributed by atoms with Gasteiger partial charge in [-0.15, -0.1) is 11.3 Å². The summed E-state index contributed by atoms with van der Waals surface area (Å²) in [5, 5.41) is 2.97. The fraction of sp³-hybridized carbons (Fsp3) is 0.333. The Morgan fingerprint density at radius 2 is 2.22 bits per heavy atom. The van der Waals surface area contributed by atoms with Crippen molar-refractivity contribution in [1.29, 1.82) is 0 Å². The number of thiazole rings is 1. The van der Waals surface area contributed by atoms with E-state index in [0.29, 0.717) is 6.42 Å². The lowest BCUT2D eigenvalue weighted by molar-refractivity contribution is 0.0992. The first-order valence-corrected chi connectivity index (χ1v) is 7.10. The molecule has 0 aliphatic carbocycles. The molecule has 1 aromatic carbocycles. The zero-order chi connectivity index (χ0) is 13.0. The van der Waals surface area contributed by atoms with E-state index in [1.807, 2.05) is 30.5 Å².